The van der Waals surface area contributed by atoms with Gasteiger partial charge in [-0.05, 0) is 12.5 Å². The van der Waals surface area contributed by atoms with Crippen LogP contribution in [0.4, 0.5) is 4.79 Å². The molecule has 1 aromatic carbocycles. The van der Waals surface area contributed by atoms with E-state index in [9.17, 15) is 4.79 Å². The Morgan fingerprint density at radius 1 is 1.44 bits per heavy atom. The van der Waals surface area contributed by atoms with E-state index in [0.29, 0.717) is 18.6 Å². The van der Waals surface area contributed by atoms with Crippen molar-refractivity contribution in [2.24, 2.45) is 5.73 Å². The van der Waals surface area contributed by atoms with Crippen molar-refractivity contribution in [1.29, 1.82) is 5.41 Å². The van der Waals surface area contributed by atoms with Crippen molar-refractivity contribution in [3.05, 3.63) is 35.9 Å². The number of rotatable bonds is 5. The van der Waals surface area contributed by atoms with Crippen LogP contribution in [0.3, 0.4) is 0 Å². The summed E-state index contributed by atoms with van der Waals surface area (Å²) in [6.07, 6.45) is 1.14. The zero-order valence-electron chi connectivity index (χ0n) is 9.36. The molecule has 0 unspecified atom stereocenters. The molecule has 16 heavy (non-hydrogen) atoms. The molecule has 1 atom stereocenters. The second-order valence-corrected chi connectivity index (χ2v) is 3.88. The van der Waals surface area contributed by atoms with Crippen LogP contribution in [0, 0.1) is 5.41 Å². The number of urea groups is 1. The van der Waals surface area contributed by atoms with Gasteiger partial charge in [-0.15, -0.1) is 0 Å². The molecular weight excluding hydrogens is 202 g/mol. The van der Waals surface area contributed by atoms with Gasteiger partial charge in [-0.3, -0.25) is 0 Å². The maximum atomic E-state index is 10.6. The smallest absolute Gasteiger partial charge is 0.312 e. The van der Waals surface area contributed by atoms with Gasteiger partial charge in [0.15, 0.2) is 0 Å². The second kappa shape index (κ2) is 5.90. The zero-order valence-corrected chi connectivity index (χ0v) is 9.36. The van der Waals surface area contributed by atoms with Gasteiger partial charge in [0.05, 0.1) is 0 Å². The van der Waals surface area contributed by atoms with Crippen LogP contribution >= 0.6 is 0 Å². The molecule has 4 heteroatoms. The lowest BCUT2D eigenvalue weighted by molar-refractivity contribution is 0.246. The van der Waals surface area contributed by atoms with Gasteiger partial charge in [0.25, 0.3) is 0 Å². The fourth-order valence-corrected chi connectivity index (χ4v) is 1.58. The van der Waals surface area contributed by atoms with Crippen LogP contribution in [0.5, 0.6) is 0 Å². The van der Waals surface area contributed by atoms with Gasteiger partial charge in [-0.1, -0.05) is 30.3 Å². The summed E-state index contributed by atoms with van der Waals surface area (Å²) in [4.78, 5) is 10.6. The van der Waals surface area contributed by atoms with Gasteiger partial charge in [-0.2, -0.15) is 0 Å². The van der Waals surface area contributed by atoms with Crippen molar-refractivity contribution in [3.63, 3.8) is 0 Å². The monoisotopic (exact) mass is 219 g/mol. The van der Waals surface area contributed by atoms with Crippen molar-refractivity contribution < 1.29 is 4.79 Å². The number of hydrogen-bond acceptors (Lipinski definition) is 2. The number of primary amides is 1. The average molecular weight is 219 g/mol. The summed E-state index contributed by atoms with van der Waals surface area (Å²) in [7, 11) is 0. The first-order chi connectivity index (χ1) is 7.58. The lowest BCUT2D eigenvalue weighted by atomic mass is 10.0. The minimum Gasteiger partial charge on any atom is -0.352 e. The summed E-state index contributed by atoms with van der Waals surface area (Å²) >= 11 is 0. The Morgan fingerprint density at radius 3 is 2.62 bits per heavy atom. The van der Waals surface area contributed by atoms with Crippen LogP contribution in [-0.2, 0) is 6.42 Å². The van der Waals surface area contributed by atoms with Crippen LogP contribution in [0.2, 0.25) is 0 Å². The molecule has 1 rings (SSSR count). The molecule has 4 N–H and O–H groups in total. The Morgan fingerprint density at radius 2 is 2.06 bits per heavy atom. The number of nitrogens with two attached hydrogens (primary N) is 1. The first kappa shape index (κ1) is 12.2. The van der Waals surface area contributed by atoms with E-state index >= 15 is 0 Å². The molecule has 0 bridgehead atoms. The highest BCUT2D eigenvalue weighted by molar-refractivity contribution is 5.84. The number of amides is 2. The SMILES string of the molecule is C[C@H](CC(=N)Cc1ccccc1)NC(N)=O. The Hall–Kier alpha value is -1.84. The highest BCUT2D eigenvalue weighted by atomic mass is 16.2. The molecule has 0 saturated heterocycles. The molecule has 0 fully saturated rings. The largest absolute Gasteiger partial charge is 0.352 e. The van der Waals surface area contributed by atoms with Gasteiger partial charge < -0.3 is 16.5 Å². The van der Waals surface area contributed by atoms with Crippen molar-refractivity contribution in [1.82, 2.24) is 5.32 Å². The summed E-state index contributed by atoms with van der Waals surface area (Å²) in [6, 6.07) is 9.20. The normalized spacial score (nSPS) is 11.8. The molecular formula is C12H17N3O. The molecule has 2 amide bonds. The van der Waals surface area contributed by atoms with E-state index in [-0.39, 0.29) is 6.04 Å². The number of hydrogen-bond donors (Lipinski definition) is 3. The molecule has 0 aliphatic carbocycles. The topological polar surface area (TPSA) is 79.0 Å². The maximum Gasteiger partial charge on any atom is 0.312 e. The van der Waals surface area contributed by atoms with Crippen molar-refractivity contribution in [3.8, 4) is 0 Å². The van der Waals surface area contributed by atoms with Gasteiger partial charge >= 0.3 is 6.03 Å². The van der Waals surface area contributed by atoms with E-state index in [4.69, 9.17) is 11.1 Å². The fraction of sp³-hybridized carbons (Fsp3) is 0.333. The van der Waals surface area contributed by atoms with E-state index in [1.54, 1.807) is 0 Å². The predicted octanol–water partition coefficient (Wildman–Crippen LogP) is 1.70. The van der Waals surface area contributed by atoms with Crippen molar-refractivity contribution >= 4 is 11.7 Å². The first-order valence-electron chi connectivity index (χ1n) is 5.24. The molecule has 0 aliphatic heterocycles. The minimum absolute atomic E-state index is 0.0892. The van der Waals surface area contributed by atoms with E-state index in [1.807, 2.05) is 37.3 Å². The Bertz CT molecular complexity index is 362. The van der Waals surface area contributed by atoms with Crippen LogP contribution in [0.25, 0.3) is 0 Å². The third-order valence-electron chi connectivity index (χ3n) is 2.20. The number of nitrogens with one attached hydrogen (secondary N) is 2. The molecule has 0 aromatic heterocycles. The molecule has 0 heterocycles. The number of carbonyl (C=O) groups excluding carboxylic acids is 1. The van der Waals surface area contributed by atoms with Crippen molar-refractivity contribution in [2.75, 3.05) is 0 Å². The lowest BCUT2D eigenvalue weighted by Crippen LogP contribution is -2.38. The fourth-order valence-electron chi connectivity index (χ4n) is 1.58. The molecule has 0 aliphatic rings. The third-order valence-corrected chi connectivity index (χ3v) is 2.20. The lowest BCUT2D eigenvalue weighted by Gasteiger charge is -2.12. The zero-order chi connectivity index (χ0) is 12.0. The number of carbonyl (C=O) groups is 1. The first-order valence-corrected chi connectivity index (χ1v) is 5.24. The Kier molecular flexibility index (Phi) is 4.51. The standard InChI is InChI=1S/C12H17N3O/c1-9(15-12(14)16)7-11(13)8-10-5-3-2-4-6-10/h2-6,9,13H,7-8H2,1H3,(H3,14,15,16)/t9-/m1/s1. The average Bonchev–Trinajstić information content (AvgIpc) is 2.17. The van der Waals surface area contributed by atoms with Gasteiger partial charge in [0.2, 0.25) is 0 Å². The second-order valence-electron chi connectivity index (χ2n) is 3.88. The van der Waals surface area contributed by atoms with Crippen LogP contribution in [0.1, 0.15) is 18.9 Å². The van der Waals surface area contributed by atoms with E-state index in [1.165, 1.54) is 0 Å². The summed E-state index contributed by atoms with van der Waals surface area (Å²) in [6.45, 7) is 1.84. The molecule has 4 nitrogen and oxygen atoms in total. The highest BCUT2D eigenvalue weighted by Gasteiger charge is 2.07. The van der Waals surface area contributed by atoms with Gasteiger partial charge in [0, 0.05) is 24.6 Å². The summed E-state index contributed by atoms with van der Waals surface area (Å²) in [5.41, 5.74) is 6.70. The van der Waals surface area contributed by atoms with Crippen LogP contribution < -0.4 is 11.1 Å². The van der Waals surface area contributed by atoms with Crippen molar-refractivity contribution in [2.45, 2.75) is 25.8 Å². The summed E-state index contributed by atoms with van der Waals surface area (Å²) < 4.78 is 0. The third kappa shape index (κ3) is 4.59. The molecule has 0 radical (unpaired) electrons. The maximum absolute atomic E-state index is 10.6. The highest BCUT2D eigenvalue weighted by Crippen LogP contribution is 2.03. The van der Waals surface area contributed by atoms with E-state index in [0.717, 1.165) is 5.56 Å². The summed E-state index contributed by atoms with van der Waals surface area (Å²) in [5, 5.41) is 10.4. The van der Waals surface area contributed by atoms with E-state index < -0.39 is 6.03 Å². The van der Waals surface area contributed by atoms with E-state index in [2.05, 4.69) is 5.32 Å². The van der Waals surface area contributed by atoms with Gasteiger partial charge in [0.1, 0.15) is 0 Å². The van der Waals surface area contributed by atoms with Crippen LogP contribution in [0.15, 0.2) is 30.3 Å². The Labute approximate surface area is 95.4 Å². The molecule has 0 saturated carbocycles. The summed E-state index contributed by atoms with van der Waals surface area (Å²) in [5.74, 6) is 0. The molecule has 86 valence electrons. The van der Waals surface area contributed by atoms with Gasteiger partial charge in [-0.25, -0.2) is 4.79 Å². The predicted molar refractivity (Wildman–Crippen MR) is 64.7 cm³/mol. The minimum atomic E-state index is -0.542. The number of benzene rings is 1. The Balaban J connectivity index is 2.39. The van der Waals surface area contributed by atoms with Crippen LogP contribution in [-0.4, -0.2) is 17.8 Å². The quantitative estimate of drug-likeness (QED) is 0.647. The molecule has 1 aromatic rings. The molecule has 0 spiro atoms.